The first kappa shape index (κ1) is 15.2. The fourth-order valence-corrected chi connectivity index (χ4v) is 2.52. The van der Waals surface area contributed by atoms with Gasteiger partial charge in [0.15, 0.2) is 0 Å². The fourth-order valence-electron chi connectivity index (χ4n) is 2.52. The quantitative estimate of drug-likeness (QED) is 0.758. The lowest BCUT2D eigenvalue weighted by atomic mass is 10.1. The molecule has 3 aromatic rings. The highest BCUT2D eigenvalue weighted by Crippen LogP contribution is 2.18. The van der Waals surface area contributed by atoms with Crippen LogP contribution in [-0.4, -0.2) is 24.5 Å². The number of hydrogen-bond acceptors (Lipinski definition) is 2. The van der Waals surface area contributed by atoms with Crippen molar-refractivity contribution < 1.29 is 13.9 Å². The van der Waals surface area contributed by atoms with Crippen molar-refractivity contribution in [3.63, 3.8) is 0 Å². The van der Waals surface area contributed by atoms with Gasteiger partial charge in [-0.25, -0.2) is 4.39 Å². The molecule has 0 radical (unpaired) electrons. The number of carbonyl (C=O) groups is 1. The standard InChI is InChI=1S/C18H17FN2O2/c1-23-17(13-6-4-7-14(19)9-13)11-20-18(22)16-10-12-5-2-3-8-15(12)21-16/h2-10,17,21H,11H2,1H3,(H,20,22)/t17-/m0/s1. The Bertz CT molecular complexity index is 796. The molecule has 1 amide bonds. The number of ether oxygens (including phenoxy) is 1. The van der Waals surface area contributed by atoms with Gasteiger partial charge >= 0.3 is 0 Å². The van der Waals surface area contributed by atoms with E-state index >= 15 is 0 Å². The molecule has 0 saturated carbocycles. The average Bonchev–Trinajstić information content (AvgIpc) is 2.99. The number of benzene rings is 2. The predicted octanol–water partition coefficient (Wildman–Crippen LogP) is 3.42. The number of aromatic amines is 1. The van der Waals surface area contributed by atoms with Gasteiger partial charge in [-0.3, -0.25) is 4.79 Å². The van der Waals surface area contributed by atoms with E-state index in [2.05, 4.69) is 10.3 Å². The second kappa shape index (κ2) is 6.62. The normalized spacial score (nSPS) is 12.3. The third kappa shape index (κ3) is 3.40. The minimum Gasteiger partial charge on any atom is -0.375 e. The summed E-state index contributed by atoms with van der Waals surface area (Å²) in [6, 6.07) is 15.7. The number of fused-ring (bicyclic) bond motifs is 1. The van der Waals surface area contributed by atoms with E-state index in [1.807, 2.05) is 24.3 Å². The Balaban J connectivity index is 1.69. The van der Waals surface area contributed by atoms with Crippen LogP contribution in [0.3, 0.4) is 0 Å². The average molecular weight is 312 g/mol. The maximum absolute atomic E-state index is 13.3. The molecule has 0 saturated heterocycles. The number of carbonyl (C=O) groups excluding carboxylic acids is 1. The second-order valence-corrected chi connectivity index (χ2v) is 5.26. The van der Waals surface area contributed by atoms with E-state index in [1.54, 1.807) is 18.2 Å². The molecule has 0 aliphatic carbocycles. The summed E-state index contributed by atoms with van der Waals surface area (Å²) in [6.45, 7) is 0.258. The molecule has 118 valence electrons. The zero-order valence-corrected chi connectivity index (χ0v) is 12.7. The Morgan fingerprint density at radius 2 is 2.04 bits per heavy atom. The van der Waals surface area contributed by atoms with E-state index < -0.39 is 6.10 Å². The zero-order valence-electron chi connectivity index (χ0n) is 12.7. The largest absolute Gasteiger partial charge is 0.375 e. The van der Waals surface area contributed by atoms with E-state index in [1.165, 1.54) is 19.2 Å². The number of methoxy groups -OCH3 is 1. The molecule has 1 heterocycles. The topological polar surface area (TPSA) is 54.1 Å². The summed E-state index contributed by atoms with van der Waals surface area (Å²) in [5.41, 5.74) is 2.08. The molecule has 3 rings (SSSR count). The molecule has 5 heteroatoms. The van der Waals surface area contributed by atoms with Gasteiger partial charge < -0.3 is 15.0 Å². The van der Waals surface area contributed by atoms with Gasteiger partial charge in [0.05, 0.1) is 6.10 Å². The van der Waals surface area contributed by atoms with Crippen LogP contribution in [0.5, 0.6) is 0 Å². The number of para-hydroxylation sites is 1. The SMILES string of the molecule is CO[C@@H](CNC(=O)c1cc2ccccc2[nH]1)c1cccc(F)c1. The molecule has 2 N–H and O–H groups in total. The Labute approximate surface area is 133 Å². The van der Waals surface area contributed by atoms with Crippen LogP contribution in [-0.2, 0) is 4.74 Å². The third-order valence-corrected chi connectivity index (χ3v) is 3.73. The van der Waals surface area contributed by atoms with Crippen molar-refractivity contribution in [1.82, 2.24) is 10.3 Å². The molecule has 0 bridgehead atoms. The number of hydrogen-bond donors (Lipinski definition) is 2. The van der Waals surface area contributed by atoms with Gasteiger partial charge in [-0.2, -0.15) is 0 Å². The second-order valence-electron chi connectivity index (χ2n) is 5.26. The van der Waals surface area contributed by atoms with Gasteiger partial charge in [0.25, 0.3) is 5.91 Å². The van der Waals surface area contributed by atoms with E-state index in [4.69, 9.17) is 4.74 Å². The third-order valence-electron chi connectivity index (χ3n) is 3.73. The van der Waals surface area contributed by atoms with Crippen LogP contribution in [0.2, 0.25) is 0 Å². The summed E-state index contributed by atoms with van der Waals surface area (Å²) >= 11 is 0. The molecular weight excluding hydrogens is 295 g/mol. The first-order valence-corrected chi connectivity index (χ1v) is 7.31. The van der Waals surface area contributed by atoms with Crippen LogP contribution in [0.1, 0.15) is 22.2 Å². The summed E-state index contributed by atoms with van der Waals surface area (Å²) in [5, 5.41) is 3.79. The predicted molar refractivity (Wildman–Crippen MR) is 86.8 cm³/mol. The van der Waals surface area contributed by atoms with Gasteiger partial charge in [-0.05, 0) is 29.8 Å². The maximum Gasteiger partial charge on any atom is 0.267 e. The van der Waals surface area contributed by atoms with E-state index in [0.29, 0.717) is 11.3 Å². The highest BCUT2D eigenvalue weighted by molar-refractivity contribution is 5.97. The van der Waals surface area contributed by atoms with Crippen LogP contribution in [0, 0.1) is 5.82 Å². The molecule has 1 aromatic heterocycles. The van der Waals surface area contributed by atoms with E-state index in [-0.39, 0.29) is 18.3 Å². The van der Waals surface area contributed by atoms with Gasteiger partial charge in [0.2, 0.25) is 0 Å². The van der Waals surface area contributed by atoms with Crippen LogP contribution in [0.25, 0.3) is 10.9 Å². The first-order valence-electron chi connectivity index (χ1n) is 7.31. The lowest BCUT2D eigenvalue weighted by Crippen LogP contribution is -2.29. The highest BCUT2D eigenvalue weighted by atomic mass is 19.1. The van der Waals surface area contributed by atoms with Crippen molar-refractivity contribution in [1.29, 1.82) is 0 Å². The van der Waals surface area contributed by atoms with Crippen molar-refractivity contribution in [3.8, 4) is 0 Å². The molecule has 0 aliphatic rings. The summed E-state index contributed by atoms with van der Waals surface area (Å²) in [6.07, 6.45) is -0.404. The zero-order chi connectivity index (χ0) is 16.2. The summed E-state index contributed by atoms with van der Waals surface area (Å²) in [7, 11) is 1.53. The molecule has 0 unspecified atom stereocenters. The van der Waals surface area contributed by atoms with Crippen LogP contribution < -0.4 is 5.32 Å². The smallest absolute Gasteiger partial charge is 0.267 e. The minimum atomic E-state index is -0.404. The Morgan fingerprint density at radius 3 is 2.78 bits per heavy atom. The van der Waals surface area contributed by atoms with Crippen molar-refractivity contribution >= 4 is 16.8 Å². The Kier molecular flexibility index (Phi) is 4.39. The Morgan fingerprint density at radius 1 is 1.22 bits per heavy atom. The Hall–Kier alpha value is -2.66. The lowest BCUT2D eigenvalue weighted by Gasteiger charge is -2.16. The van der Waals surface area contributed by atoms with Crippen molar-refractivity contribution in [3.05, 3.63) is 71.7 Å². The van der Waals surface area contributed by atoms with Gasteiger partial charge in [-0.15, -0.1) is 0 Å². The minimum absolute atomic E-state index is 0.223. The van der Waals surface area contributed by atoms with Gasteiger partial charge in [0, 0.05) is 24.6 Å². The molecule has 0 fully saturated rings. The summed E-state index contributed by atoms with van der Waals surface area (Å²) in [5.74, 6) is -0.550. The molecule has 23 heavy (non-hydrogen) atoms. The lowest BCUT2D eigenvalue weighted by molar-refractivity contribution is 0.0824. The summed E-state index contributed by atoms with van der Waals surface area (Å²) < 4.78 is 18.6. The number of halogens is 1. The van der Waals surface area contributed by atoms with Crippen LogP contribution in [0.15, 0.2) is 54.6 Å². The molecule has 2 aromatic carbocycles. The van der Waals surface area contributed by atoms with Gasteiger partial charge in [0.1, 0.15) is 11.5 Å². The van der Waals surface area contributed by atoms with Crippen molar-refractivity contribution in [2.45, 2.75) is 6.10 Å². The van der Waals surface area contributed by atoms with Gasteiger partial charge in [-0.1, -0.05) is 30.3 Å². The summed E-state index contributed by atoms with van der Waals surface area (Å²) in [4.78, 5) is 15.3. The van der Waals surface area contributed by atoms with Crippen LogP contribution >= 0.6 is 0 Å². The highest BCUT2D eigenvalue weighted by Gasteiger charge is 2.15. The number of aromatic nitrogens is 1. The number of H-pyrrole nitrogens is 1. The van der Waals surface area contributed by atoms with Crippen molar-refractivity contribution in [2.24, 2.45) is 0 Å². The number of rotatable bonds is 5. The van der Waals surface area contributed by atoms with Crippen LogP contribution in [0.4, 0.5) is 4.39 Å². The first-order chi connectivity index (χ1) is 11.2. The molecule has 0 spiro atoms. The number of nitrogens with one attached hydrogen (secondary N) is 2. The van der Waals surface area contributed by atoms with E-state index in [0.717, 1.165) is 10.9 Å². The maximum atomic E-state index is 13.3. The van der Waals surface area contributed by atoms with Crippen molar-refractivity contribution in [2.75, 3.05) is 13.7 Å². The molecule has 4 nitrogen and oxygen atoms in total. The molecule has 1 atom stereocenters. The van der Waals surface area contributed by atoms with E-state index in [9.17, 15) is 9.18 Å². The fraction of sp³-hybridized carbons (Fsp3) is 0.167. The number of amides is 1. The monoisotopic (exact) mass is 312 g/mol. The molecular formula is C18H17FN2O2. The molecule has 0 aliphatic heterocycles.